The molecule has 1 atom stereocenters. The third kappa shape index (κ3) is 3.14. The highest BCUT2D eigenvalue weighted by Gasteiger charge is 2.25. The molecule has 0 bridgehead atoms. The highest BCUT2D eigenvalue weighted by molar-refractivity contribution is 5.94. The second-order valence-corrected chi connectivity index (χ2v) is 5.39. The van der Waals surface area contributed by atoms with E-state index in [2.05, 4.69) is 0 Å². The molecular formula is C18H19NO2. The summed E-state index contributed by atoms with van der Waals surface area (Å²) in [6.07, 6.45) is -0.0330. The van der Waals surface area contributed by atoms with Crippen molar-refractivity contribution in [3.05, 3.63) is 71.3 Å². The number of ether oxygens (including phenoxy) is 1. The number of rotatable bonds is 2. The SMILES string of the molecule is Cc1ccc(C(=O)N2CCO[C@H](c3ccccc3)C2)cc1. The third-order valence-corrected chi connectivity index (χ3v) is 3.82. The maximum atomic E-state index is 12.6. The van der Waals surface area contributed by atoms with Gasteiger partial charge >= 0.3 is 0 Å². The van der Waals surface area contributed by atoms with Gasteiger partial charge in [-0.1, -0.05) is 48.0 Å². The van der Waals surface area contributed by atoms with E-state index in [1.165, 1.54) is 0 Å². The Labute approximate surface area is 125 Å². The first-order valence-corrected chi connectivity index (χ1v) is 7.26. The molecule has 1 aliphatic rings. The normalized spacial score (nSPS) is 18.5. The third-order valence-electron chi connectivity index (χ3n) is 3.82. The van der Waals surface area contributed by atoms with Gasteiger partial charge in [0.2, 0.25) is 0 Å². The summed E-state index contributed by atoms with van der Waals surface area (Å²) in [6, 6.07) is 17.8. The van der Waals surface area contributed by atoms with Gasteiger partial charge in [-0.25, -0.2) is 0 Å². The van der Waals surface area contributed by atoms with Crippen LogP contribution in [0.15, 0.2) is 54.6 Å². The Balaban J connectivity index is 1.74. The van der Waals surface area contributed by atoms with Crippen molar-refractivity contribution in [2.75, 3.05) is 19.7 Å². The zero-order valence-corrected chi connectivity index (χ0v) is 12.2. The summed E-state index contributed by atoms with van der Waals surface area (Å²) in [5.41, 5.74) is 3.03. The quantitative estimate of drug-likeness (QED) is 0.846. The standard InChI is InChI=1S/C18H19NO2/c1-14-7-9-16(10-8-14)18(20)19-11-12-21-17(13-19)15-5-3-2-4-6-15/h2-10,17H,11-13H2,1H3/t17-/m0/s1. The molecule has 1 saturated heterocycles. The van der Waals surface area contributed by atoms with Crippen LogP contribution in [0.5, 0.6) is 0 Å². The van der Waals surface area contributed by atoms with Crippen LogP contribution in [-0.4, -0.2) is 30.5 Å². The van der Waals surface area contributed by atoms with E-state index in [1.54, 1.807) is 0 Å². The Morgan fingerprint density at radius 3 is 2.52 bits per heavy atom. The first kappa shape index (κ1) is 13.8. The summed E-state index contributed by atoms with van der Waals surface area (Å²) >= 11 is 0. The predicted octanol–water partition coefficient (Wildman–Crippen LogP) is 3.21. The number of morpholine rings is 1. The van der Waals surface area contributed by atoms with E-state index in [4.69, 9.17) is 4.74 Å². The maximum Gasteiger partial charge on any atom is 0.254 e. The van der Waals surface area contributed by atoms with Crippen LogP contribution in [-0.2, 0) is 4.74 Å². The van der Waals surface area contributed by atoms with E-state index in [-0.39, 0.29) is 12.0 Å². The van der Waals surface area contributed by atoms with Crippen molar-refractivity contribution >= 4 is 5.91 Å². The molecule has 0 unspecified atom stereocenters. The van der Waals surface area contributed by atoms with Gasteiger partial charge in [-0.05, 0) is 24.6 Å². The van der Waals surface area contributed by atoms with Crippen LogP contribution in [0.3, 0.4) is 0 Å². The fourth-order valence-corrected chi connectivity index (χ4v) is 2.58. The highest BCUT2D eigenvalue weighted by atomic mass is 16.5. The van der Waals surface area contributed by atoms with E-state index in [1.807, 2.05) is 66.4 Å². The second kappa shape index (κ2) is 6.10. The summed E-state index contributed by atoms with van der Waals surface area (Å²) in [5.74, 6) is 0.0826. The maximum absolute atomic E-state index is 12.6. The van der Waals surface area contributed by atoms with Crippen LogP contribution in [0.4, 0.5) is 0 Å². The molecule has 2 aromatic carbocycles. The summed E-state index contributed by atoms with van der Waals surface area (Å²) in [5, 5.41) is 0. The van der Waals surface area contributed by atoms with Crippen molar-refractivity contribution in [2.45, 2.75) is 13.0 Å². The number of amides is 1. The van der Waals surface area contributed by atoms with Gasteiger partial charge in [-0.3, -0.25) is 4.79 Å². The Morgan fingerprint density at radius 1 is 1.10 bits per heavy atom. The monoisotopic (exact) mass is 281 g/mol. The lowest BCUT2D eigenvalue weighted by atomic mass is 10.1. The molecule has 3 nitrogen and oxygen atoms in total. The molecule has 1 amide bonds. The molecule has 108 valence electrons. The Hall–Kier alpha value is -2.13. The van der Waals surface area contributed by atoms with Crippen molar-refractivity contribution in [1.29, 1.82) is 0 Å². The van der Waals surface area contributed by atoms with Crippen molar-refractivity contribution in [2.24, 2.45) is 0 Å². The minimum Gasteiger partial charge on any atom is -0.370 e. The molecule has 21 heavy (non-hydrogen) atoms. The van der Waals surface area contributed by atoms with Crippen LogP contribution >= 0.6 is 0 Å². The average Bonchev–Trinajstić information content (AvgIpc) is 2.56. The van der Waals surface area contributed by atoms with Crippen LogP contribution in [0.1, 0.15) is 27.6 Å². The summed E-state index contributed by atoms with van der Waals surface area (Å²) in [6.45, 7) is 3.86. The van der Waals surface area contributed by atoms with Crippen molar-refractivity contribution in [3.8, 4) is 0 Å². The molecule has 0 saturated carbocycles. The van der Waals surface area contributed by atoms with E-state index in [0.717, 1.165) is 16.7 Å². The van der Waals surface area contributed by atoms with E-state index in [0.29, 0.717) is 19.7 Å². The lowest BCUT2D eigenvalue weighted by Crippen LogP contribution is -2.42. The van der Waals surface area contributed by atoms with Crippen molar-refractivity contribution in [3.63, 3.8) is 0 Å². The number of hydrogen-bond donors (Lipinski definition) is 0. The van der Waals surface area contributed by atoms with Gasteiger partial charge in [-0.2, -0.15) is 0 Å². The van der Waals surface area contributed by atoms with Gasteiger partial charge in [0.1, 0.15) is 6.10 Å². The number of benzene rings is 2. The predicted molar refractivity (Wildman–Crippen MR) is 82.2 cm³/mol. The molecule has 3 heteroatoms. The molecule has 0 aromatic heterocycles. The molecule has 0 aliphatic carbocycles. The van der Waals surface area contributed by atoms with E-state index >= 15 is 0 Å². The average molecular weight is 281 g/mol. The highest BCUT2D eigenvalue weighted by Crippen LogP contribution is 2.23. The number of aryl methyl sites for hydroxylation is 1. The number of nitrogens with zero attached hydrogens (tertiary/aromatic N) is 1. The number of carbonyl (C=O) groups excluding carboxylic acids is 1. The van der Waals surface area contributed by atoms with Gasteiger partial charge in [-0.15, -0.1) is 0 Å². The van der Waals surface area contributed by atoms with Gasteiger partial charge in [0.05, 0.1) is 13.2 Å². The summed E-state index contributed by atoms with van der Waals surface area (Å²) < 4.78 is 5.81. The van der Waals surface area contributed by atoms with E-state index in [9.17, 15) is 4.79 Å². The summed E-state index contributed by atoms with van der Waals surface area (Å²) in [7, 11) is 0. The minimum atomic E-state index is -0.0330. The van der Waals surface area contributed by atoms with Crippen molar-refractivity contribution < 1.29 is 9.53 Å². The fraction of sp³-hybridized carbons (Fsp3) is 0.278. The Morgan fingerprint density at radius 2 is 1.81 bits per heavy atom. The second-order valence-electron chi connectivity index (χ2n) is 5.39. The van der Waals surface area contributed by atoms with Crippen LogP contribution in [0, 0.1) is 6.92 Å². The molecule has 1 heterocycles. The van der Waals surface area contributed by atoms with Gasteiger partial charge in [0.25, 0.3) is 5.91 Å². The molecule has 2 aromatic rings. The molecule has 3 rings (SSSR count). The van der Waals surface area contributed by atoms with Crippen LogP contribution in [0.2, 0.25) is 0 Å². The zero-order valence-electron chi connectivity index (χ0n) is 12.2. The molecule has 0 spiro atoms. The largest absolute Gasteiger partial charge is 0.370 e. The first-order valence-electron chi connectivity index (χ1n) is 7.26. The Bertz CT molecular complexity index is 607. The molecule has 0 N–H and O–H groups in total. The van der Waals surface area contributed by atoms with E-state index < -0.39 is 0 Å². The van der Waals surface area contributed by atoms with Gasteiger partial charge < -0.3 is 9.64 Å². The first-order chi connectivity index (χ1) is 10.2. The lowest BCUT2D eigenvalue weighted by Gasteiger charge is -2.33. The smallest absolute Gasteiger partial charge is 0.254 e. The van der Waals surface area contributed by atoms with Crippen LogP contribution < -0.4 is 0 Å². The van der Waals surface area contributed by atoms with Crippen molar-refractivity contribution in [1.82, 2.24) is 4.90 Å². The molecule has 1 aliphatic heterocycles. The van der Waals surface area contributed by atoms with Gasteiger partial charge in [0, 0.05) is 12.1 Å². The summed E-state index contributed by atoms with van der Waals surface area (Å²) in [4.78, 5) is 14.4. The molecule has 1 fully saturated rings. The topological polar surface area (TPSA) is 29.5 Å². The number of carbonyl (C=O) groups is 1. The lowest BCUT2D eigenvalue weighted by molar-refractivity contribution is -0.0228. The minimum absolute atomic E-state index is 0.0330. The fourth-order valence-electron chi connectivity index (χ4n) is 2.58. The van der Waals surface area contributed by atoms with Crippen LogP contribution in [0.25, 0.3) is 0 Å². The zero-order chi connectivity index (χ0) is 14.7. The number of hydrogen-bond acceptors (Lipinski definition) is 2. The Kier molecular flexibility index (Phi) is 4.02. The van der Waals surface area contributed by atoms with Gasteiger partial charge in [0.15, 0.2) is 0 Å². The molecular weight excluding hydrogens is 262 g/mol. The molecule has 0 radical (unpaired) electrons.